The Morgan fingerprint density at radius 2 is 1.91 bits per heavy atom. The minimum Gasteiger partial charge on any atom is -0.356 e. The molecule has 35 heavy (non-hydrogen) atoms. The van der Waals surface area contributed by atoms with Crippen LogP contribution < -0.4 is 10.6 Å². The molecule has 7 nitrogen and oxygen atoms in total. The first-order valence-corrected chi connectivity index (χ1v) is 11.1. The number of halogens is 2. The SMILES string of the molecule is [C-]#[N+]c1ccc(-c2nc(N3CCC(N)CC3)c(C#N)cc2-c2cc3onc(C)c3cc2F)cc1F. The van der Waals surface area contributed by atoms with E-state index in [1.165, 1.54) is 24.3 Å². The zero-order valence-corrected chi connectivity index (χ0v) is 18.8. The molecule has 174 valence electrons. The minimum atomic E-state index is -0.707. The van der Waals surface area contributed by atoms with E-state index in [0.717, 1.165) is 12.8 Å². The summed E-state index contributed by atoms with van der Waals surface area (Å²) in [5, 5.41) is 14.4. The molecule has 2 aromatic carbocycles. The lowest BCUT2D eigenvalue weighted by Crippen LogP contribution is -2.40. The number of aromatic nitrogens is 2. The zero-order valence-electron chi connectivity index (χ0n) is 18.8. The van der Waals surface area contributed by atoms with Crippen LogP contribution >= 0.6 is 0 Å². The van der Waals surface area contributed by atoms with Gasteiger partial charge in [0.1, 0.15) is 23.5 Å². The molecule has 0 radical (unpaired) electrons. The Balaban J connectivity index is 1.76. The number of nitrogens with zero attached hydrogens (tertiary/aromatic N) is 5. The predicted molar refractivity (Wildman–Crippen MR) is 128 cm³/mol. The number of benzene rings is 2. The fraction of sp³-hybridized carbons (Fsp3) is 0.231. The van der Waals surface area contributed by atoms with E-state index in [1.807, 2.05) is 4.90 Å². The van der Waals surface area contributed by atoms with Crippen molar-refractivity contribution in [1.29, 1.82) is 5.26 Å². The lowest BCUT2D eigenvalue weighted by molar-refractivity contribution is 0.450. The molecule has 0 spiro atoms. The van der Waals surface area contributed by atoms with Crippen LogP contribution in [0.3, 0.4) is 0 Å². The van der Waals surface area contributed by atoms with Gasteiger partial charge >= 0.3 is 0 Å². The normalized spacial score (nSPS) is 14.2. The zero-order chi connectivity index (χ0) is 24.7. The van der Waals surface area contributed by atoms with Gasteiger partial charge in [-0.2, -0.15) is 5.26 Å². The molecule has 0 amide bonds. The molecule has 5 rings (SSSR count). The molecule has 9 heteroatoms. The summed E-state index contributed by atoms with van der Waals surface area (Å²) >= 11 is 0. The maximum absolute atomic E-state index is 15.4. The topological polar surface area (TPSA) is 96.3 Å². The number of anilines is 1. The van der Waals surface area contributed by atoms with Gasteiger partial charge in [-0.25, -0.2) is 18.6 Å². The Morgan fingerprint density at radius 1 is 1.14 bits per heavy atom. The monoisotopic (exact) mass is 470 g/mol. The number of rotatable bonds is 3. The third-order valence-electron chi connectivity index (χ3n) is 6.33. The van der Waals surface area contributed by atoms with Crippen LogP contribution in [-0.2, 0) is 0 Å². The van der Waals surface area contributed by atoms with Gasteiger partial charge in [-0.3, -0.25) is 0 Å². The molecule has 0 bridgehead atoms. The predicted octanol–water partition coefficient (Wildman–Crippen LogP) is 5.49. The Bertz CT molecular complexity index is 1540. The summed E-state index contributed by atoms with van der Waals surface area (Å²) in [6, 6.07) is 10.8. The van der Waals surface area contributed by atoms with Crippen molar-refractivity contribution < 1.29 is 13.3 Å². The lowest BCUT2D eigenvalue weighted by atomic mass is 9.95. The Hall–Kier alpha value is -4.34. The summed E-state index contributed by atoms with van der Waals surface area (Å²) in [6.07, 6.45) is 1.49. The van der Waals surface area contributed by atoms with Gasteiger partial charge in [-0.15, -0.1) is 0 Å². The maximum Gasteiger partial charge on any atom is 0.222 e. The minimum absolute atomic E-state index is 0.0805. The number of fused-ring (bicyclic) bond motifs is 1. The van der Waals surface area contributed by atoms with E-state index >= 15 is 4.39 Å². The van der Waals surface area contributed by atoms with Crippen molar-refractivity contribution in [3.8, 4) is 28.5 Å². The van der Waals surface area contributed by atoms with E-state index in [1.54, 1.807) is 19.1 Å². The summed E-state index contributed by atoms with van der Waals surface area (Å²) in [6.45, 7) is 10.1. The first-order chi connectivity index (χ1) is 16.9. The molecule has 0 unspecified atom stereocenters. The number of hydrogen-bond donors (Lipinski definition) is 1. The number of pyridine rings is 1. The Morgan fingerprint density at radius 3 is 2.60 bits per heavy atom. The highest BCUT2D eigenvalue weighted by molar-refractivity contribution is 5.90. The van der Waals surface area contributed by atoms with Crippen LogP contribution in [0, 0.1) is 36.5 Å². The molecule has 3 heterocycles. The average molecular weight is 470 g/mol. The Kier molecular flexibility index (Phi) is 5.64. The van der Waals surface area contributed by atoms with E-state index in [2.05, 4.69) is 16.1 Å². The van der Waals surface area contributed by atoms with Gasteiger partial charge < -0.3 is 15.2 Å². The van der Waals surface area contributed by atoms with Crippen molar-refractivity contribution in [1.82, 2.24) is 10.1 Å². The Labute approximate surface area is 200 Å². The quantitative estimate of drug-likeness (QED) is 0.398. The summed E-state index contributed by atoms with van der Waals surface area (Å²) in [7, 11) is 0. The van der Waals surface area contributed by atoms with Crippen molar-refractivity contribution in [3.05, 3.63) is 70.7 Å². The molecule has 0 atom stereocenters. The van der Waals surface area contributed by atoms with Crippen molar-refractivity contribution in [3.63, 3.8) is 0 Å². The molecular weight excluding hydrogens is 450 g/mol. The van der Waals surface area contributed by atoms with Gasteiger partial charge in [0, 0.05) is 41.2 Å². The van der Waals surface area contributed by atoms with Crippen molar-refractivity contribution in [2.75, 3.05) is 18.0 Å². The van der Waals surface area contributed by atoms with Gasteiger partial charge in [-0.1, -0.05) is 17.3 Å². The van der Waals surface area contributed by atoms with Crippen molar-refractivity contribution in [2.24, 2.45) is 5.73 Å². The smallest absolute Gasteiger partial charge is 0.222 e. The molecule has 0 saturated carbocycles. The van der Waals surface area contributed by atoms with Crippen molar-refractivity contribution in [2.45, 2.75) is 25.8 Å². The molecule has 1 aliphatic rings. The summed E-state index contributed by atoms with van der Waals surface area (Å²) in [5.41, 5.74) is 8.22. The van der Waals surface area contributed by atoms with Gasteiger partial charge in [0.25, 0.3) is 0 Å². The van der Waals surface area contributed by atoms with Gasteiger partial charge in [0.05, 0.1) is 23.5 Å². The summed E-state index contributed by atoms with van der Waals surface area (Å²) < 4.78 is 35.3. The average Bonchev–Trinajstić information content (AvgIpc) is 3.22. The van der Waals surface area contributed by atoms with Gasteiger partial charge in [0.15, 0.2) is 5.58 Å². The van der Waals surface area contributed by atoms with Gasteiger partial charge in [-0.05, 0) is 44.0 Å². The van der Waals surface area contributed by atoms with Crippen LogP contribution in [0.2, 0.25) is 0 Å². The van der Waals surface area contributed by atoms with Crippen LogP contribution in [-0.4, -0.2) is 29.3 Å². The lowest BCUT2D eigenvalue weighted by Gasteiger charge is -2.32. The van der Waals surface area contributed by atoms with E-state index in [0.29, 0.717) is 52.4 Å². The van der Waals surface area contributed by atoms with Crippen LogP contribution in [0.5, 0.6) is 0 Å². The summed E-state index contributed by atoms with van der Waals surface area (Å²) in [4.78, 5) is 9.91. The fourth-order valence-corrected chi connectivity index (χ4v) is 4.39. The van der Waals surface area contributed by atoms with E-state index in [4.69, 9.17) is 21.8 Å². The number of piperidine rings is 1. The molecular formula is C26H20F2N6O. The number of aryl methyl sites for hydroxylation is 1. The molecule has 2 aromatic heterocycles. The first kappa shape index (κ1) is 22.5. The van der Waals surface area contributed by atoms with Crippen molar-refractivity contribution >= 4 is 22.5 Å². The highest BCUT2D eigenvalue weighted by Gasteiger charge is 2.25. The standard InChI is InChI=1S/C26H20F2N6O/c1-14-18-11-21(27)19(12-24(18)35-33-14)20-9-16(13-29)26(34-7-5-17(30)6-8-34)32-25(20)15-3-4-23(31-2)22(28)10-15/h3-4,9-12,17H,5-8,30H2,1H3. The third kappa shape index (κ3) is 3.96. The number of nitriles is 1. The first-order valence-electron chi connectivity index (χ1n) is 11.1. The summed E-state index contributed by atoms with van der Waals surface area (Å²) in [5.74, 6) is -0.822. The van der Waals surface area contributed by atoms with E-state index in [-0.39, 0.29) is 22.9 Å². The largest absolute Gasteiger partial charge is 0.356 e. The number of hydrogen-bond acceptors (Lipinski definition) is 6. The second kappa shape index (κ2) is 8.79. The molecule has 2 N–H and O–H groups in total. The molecule has 0 aliphatic carbocycles. The highest BCUT2D eigenvalue weighted by Crippen LogP contribution is 2.39. The van der Waals surface area contributed by atoms with E-state index in [9.17, 15) is 9.65 Å². The van der Waals surface area contributed by atoms with Crippen LogP contribution in [0.4, 0.5) is 20.3 Å². The maximum atomic E-state index is 15.4. The molecule has 1 aliphatic heterocycles. The fourth-order valence-electron chi connectivity index (χ4n) is 4.39. The third-order valence-corrected chi connectivity index (χ3v) is 6.33. The number of nitrogens with two attached hydrogens (primary N) is 1. The van der Waals surface area contributed by atoms with Crippen LogP contribution in [0.25, 0.3) is 38.2 Å². The van der Waals surface area contributed by atoms with E-state index < -0.39 is 11.6 Å². The van der Waals surface area contributed by atoms with Crippen LogP contribution in [0.15, 0.2) is 40.9 Å². The molecule has 1 fully saturated rings. The van der Waals surface area contributed by atoms with Gasteiger partial charge in [0.2, 0.25) is 5.69 Å². The molecule has 4 aromatic rings. The molecule has 1 saturated heterocycles. The second-order valence-corrected chi connectivity index (χ2v) is 8.57. The van der Waals surface area contributed by atoms with Crippen LogP contribution in [0.1, 0.15) is 24.1 Å². The highest BCUT2D eigenvalue weighted by atomic mass is 19.1. The second-order valence-electron chi connectivity index (χ2n) is 8.57.